The van der Waals surface area contributed by atoms with E-state index in [0.717, 1.165) is 0 Å². The average molecular weight is 185 g/mol. The van der Waals surface area contributed by atoms with Gasteiger partial charge in [-0.25, -0.2) is 4.79 Å². The largest absolute Gasteiger partial charge is 0.462 e. The van der Waals surface area contributed by atoms with Gasteiger partial charge in [-0.3, -0.25) is 4.99 Å². The highest BCUT2D eigenvalue weighted by Crippen LogP contribution is 1.93. The topological polar surface area (TPSA) is 90.7 Å². The molecule has 0 aliphatic heterocycles. The highest BCUT2D eigenvalue weighted by atomic mass is 16.5. The maximum atomic E-state index is 10.8. The zero-order valence-electron chi connectivity index (χ0n) is 7.75. The van der Waals surface area contributed by atoms with Crippen LogP contribution in [0.5, 0.6) is 0 Å². The summed E-state index contributed by atoms with van der Waals surface area (Å²) in [7, 11) is 0. The van der Waals surface area contributed by atoms with E-state index in [1.807, 2.05) is 0 Å². The molecule has 0 radical (unpaired) electrons. The Hall–Kier alpha value is -1.52. The van der Waals surface area contributed by atoms with Crippen molar-refractivity contribution in [2.75, 3.05) is 13.2 Å². The van der Waals surface area contributed by atoms with E-state index in [1.54, 1.807) is 6.92 Å². The Morgan fingerprint density at radius 1 is 1.54 bits per heavy atom. The van der Waals surface area contributed by atoms with Gasteiger partial charge < -0.3 is 16.2 Å². The lowest BCUT2D eigenvalue weighted by atomic mass is 10.4. The van der Waals surface area contributed by atoms with Gasteiger partial charge in [0.2, 0.25) is 0 Å². The minimum Gasteiger partial charge on any atom is -0.462 e. The molecule has 0 unspecified atom stereocenters. The summed E-state index contributed by atoms with van der Waals surface area (Å²) >= 11 is 0. The third-order valence-corrected chi connectivity index (χ3v) is 1.18. The van der Waals surface area contributed by atoms with Crippen LogP contribution >= 0.6 is 0 Å². The number of ether oxygens (including phenoxy) is 1. The van der Waals surface area contributed by atoms with Gasteiger partial charge in [0.15, 0.2) is 5.96 Å². The third kappa shape index (κ3) is 6.86. The summed E-state index contributed by atoms with van der Waals surface area (Å²) in [4.78, 5) is 14.6. The van der Waals surface area contributed by atoms with Crippen LogP contribution in [0.1, 0.15) is 13.3 Å². The van der Waals surface area contributed by atoms with Crippen LogP contribution in [0.15, 0.2) is 17.1 Å². The van der Waals surface area contributed by atoms with Crippen LogP contribution in [0, 0.1) is 0 Å². The van der Waals surface area contributed by atoms with Crippen LogP contribution in [0.3, 0.4) is 0 Å². The predicted octanol–water partition coefficient (Wildman–Crippen LogP) is -0.231. The summed E-state index contributed by atoms with van der Waals surface area (Å²) in [6.07, 6.45) is 0.608. The molecule has 0 rings (SSSR count). The van der Waals surface area contributed by atoms with Crippen LogP contribution in [-0.4, -0.2) is 25.1 Å². The molecule has 0 amide bonds. The number of rotatable bonds is 5. The summed E-state index contributed by atoms with van der Waals surface area (Å²) in [6, 6.07) is 0. The lowest BCUT2D eigenvalue weighted by Crippen LogP contribution is -2.23. The molecule has 0 aliphatic carbocycles. The van der Waals surface area contributed by atoms with Gasteiger partial charge in [0.1, 0.15) is 0 Å². The smallest absolute Gasteiger partial charge is 0.333 e. The molecule has 0 saturated heterocycles. The summed E-state index contributed by atoms with van der Waals surface area (Å²) < 4.78 is 4.80. The van der Waals surface area contributed by atoms with Crippen LogP contribution in [0.25, 0.3) is 0 Å². The molecule has 0 aromatic rings. The van der Waals surface area contributed by atoms with Crippen molar-refractivity contribution in [1.29, 1.82) is 0 Å². The second-order valence-corrected chi connectivity index (χ2v) is 2.58. The van der Waals surface area contributed by atoms with E-state index < -0.39 is 0 Å². The van der Waals surface area contributed by atoms with Crippen molar-refractivity contribution in [3.63, 3.8) is 0 Å². The van der Waals surface area contributed by atoms with Gasteiger partial charge in [0, 0.05) is 18.5 Å². The normalized spacial score (nSPS) is 9.00. The van der Waals surface area contributed by atoms with Crippen molar-refractivity contribution in [3.05, 3.63) is 12.2 Å². The van der Waals surface area contributed by atoms with Crippen molar-refractivity contribution in [2.45, 2.75) is 13.3 Å². The molecule has 0 saturated carbocycles. The van der Waals surface area contributed by atoms with E-state index in [0.29, 0.717) is 25.1 Å². The minimum absolute atomic E-state index is 0.0474. The molecule has 0 aliphatic rings. The fourth-order valence-electron chi connectivity index (χ4n) is 0.561. The van der Waals surface area contributed by atoms with Gasteiger partial charge in [0.25, 0.3) is 0 Å². The van der Waals surface area contributed by atoms with Crippen molar-refractivity contribution >= 4 is 11.9 Å². The number of hydrogen-bond donors (Lipinski definition) is 2. The zero-order valence-corrected chi connectivity index (χ0v) is 7.75. The number of aliphatic imine (C=N–C) groups is 1. The van der Waals surface area contributed by atoms with Gasteiger partial charge in [-0.2, -0.15) is 0 Å². The van der Waals surface area contributed by atoms with E-state index >= 15 is 0 Å². The Morgan fingerprint density at radius 3 is 2.62 bits per heavy atom. The van der Waals surface area contributed by atoms with Gasteiger partial charge in [-0.05, 0) is 6.92 Å². The quantitative estimate of drug-likeness (QED) is 0.203. The Kier molecular flexibility index (Phi) is 5.34. The Bertz CT molecular complexity index is 219. The first-order valence-corrected chi connectivity index (χ1v) is 3.92. The SMILES string of the molecule is C=C(C)C(=O)OCCCN=C(N)N. The molecular weight excluding hydrogens is 170 g/mol. The van der Waals surface area contributed by atoms with Gasteiger partial charge >= 0.3 is 5.97 Å². The monoisotopic (exact) mass is 185 g/mol. The highest BCUT2D eigenvalue weighted by Gasteiger charge is 2.00. The third-order valence-electron chi connectivity index (χ3n) is 1.18. The first-order valence-electron chi connectivity index (χ1n) is 3.92. The number of carbonyl (C=O) groups excluding carboxylic acids is 1. The molecular formula is C8H15N3O2. The molecule has 0 heterocycles. The van der Waals surface area contributed by atoms with E-state index in [4.69, 9.17) is 16.2 Å². The molecule has 0 fully saturated rings. The molecule has 0 aromatic heterocycles. The maximum absolute atomic E-state index is 10.8. The van der Waals surface area contributed by atoms with Crippen LogP contribution < -0.4 is 11.5 Å². The summed E-state index contributed by atoms with van der Waals surface area (Å²) in [5.74, 6) is -0.337. The number of guanidine groups is 1. The lowest BCUT2D eigenvalue weighted by molar-refractivity contribution is -0.138. The number of carbonyl (C=O) groups is 1. The van der Waals surface area contributed by atoms with Gasteiger partial charge in [-0.15, -0.1) is 0 Å². The molecule has 0 atom stereocenters. The molecule has 5 heteroatoms. The minimum atomic E-state index is -0.385. The van der Waals surface area contributed by atoms with E-state index in [1.165, 1.54) is 0 Å². The van der Waals surface area contributed by atoms with Crippen LogP contribution in [0.4, 0.5) is 0 Å². The zero-order chi connectivity index (χ0) is 10.3. The van der Waals surface area contributed by atoms with Crippen LogP contribution in [0.2, 0.25) is 0 Å². The van der Waals surface area contributed by atoms with Crippen molar-refractivity contribution in [3.8, 4) is 0 Å². The Balaban J connectivity index is 3.42. The predicted molar refractivity (Wildman–Crippen MR) is 51.1 cm³/mol. The van der Waals surface area contributed by atoms with Crippen molar-refractivity contribution < 1.29 is 9.53 Å². The number of nitrogens with two attached hydrogens (primary N) is 2. The van der Waals surface area contributed by atoms with Gasteiger partial charge in [-0.1, -0.05) is 6.58 Å². The maximum Gasteiger partial charge on any atom is 0.333 e. The van der Waals surface area contributed by atoms with E-state index in [9.17, 15) is 4.79 Å². The molecule has 13 heavy (non-hydrogen) atoms. The second-order valence-electron chi connectivity index (χ2n) is 2.58. The summed E-state index contributed by atoms with van der Waals surface area (Å²) in [5.41, 5.74) is 10.6. The molecule has 5 nitrogen and oxygen atoms in total. The fraction of sp³-hybridized carbons (Fsp3) is 0.500. The number of nitrogens with zero attached hydrogens (tertiary/aromatic N) is 1. The number of hydrogen-bond acceptors (Lipinski definition) is 3. The van der Waals surface area contributed by atoms with Crippen molar-refractivity contribution in [2.24, 2.45) is 16.5 Å². The first kappa shape index (κ1) is 11.5. The molecule has 74 valence electrons. The molecule has 0 bridgehead atoms. The van der Waals surface area contributed by atoms with E-state index in [-0.39, 0.29) is 11.9 Å². The standard InChI is InChI=1S/C8H15N3O2/c1-6(2)7(12)13-5-3-4-11-8(9)10/h1,3-5H2,2H3,(H4,9,10,11). The van der Waals surface area contributed by atoms with Gasteiger partial charge in [0.05, 0.1) is 6.61 Å². The Morgan fingerprint density at radius 2 is 2.15 bits per heavy atom. The highest BCUT2D eigenvalue weighted by molar-refractivity contribution is 5.86. The fourth-order valence-corrected chi connectivity index (χ4v) is 0.561. The first-order chi connectivity index (χ1) is 6.04. The van der Waals surface area contributed by atoms with E-state index in [2.05, 4.69) is 11.6 Å². The summed E-state index contributed by atoms with van der Waals surface area (Å²) in [5, 5.41) is 0. The second kappa shape index (κ2) is 6.05. The average Bonchev–Trinajstić information content (AvgIpc) is 2.02. The summed E-state index contributed by atoms with van der Waals surface area (Å²) in [6.45, 7) is 5.81. The Labute approximate surface area is 77.5 Å². The lowest BCUT2D eigenvalue weighted by Gasteiger charge is -2.01. The molecule has 4 N–H and O–H groups in total. The molecule has 0 aromatic carbocycles. The number of esters is 1. The van der Waals surface area contributed by atoms with Crippen molar-refractivity contribution in [1.82, 2.24) is 0 Å². The van der Waals surface area contributed by atoms with Crippen LogP contribution in [-0.2, 0) is 9.53 Å². The molecule has 0 spiro atoms.